The Morgan fingerprint density at radius 3 is 2.18 bits per heavy atom. The Bertz CT molecular complexity index is 957. The Balaban J connectivity index is 0.00000280. The minimum atomic E-state index is 0. The minimum Gasteiger partial charge on any atom is -0.441 e. The molecule has 1 aromatic heterocycles. The zero-order valence-electron chi connectivity index (χ0n) is 16.4. The lowest BCUT2D eigenvalue weighted by Crippen LogP contribution is -2.04. The zero-order valence-corrected chi connectivity index (χ0v) is 17.2. The van der Waals surface area contributed by atoms with Crippen LogP contribution in [0.4, 0.5) is 0 Å². The molecular weight excluding hydrogens is 370 g/mol. The largest absolute Gasteiger partial charge is 0.441 e. The first kappa shape index (κ1) is 21.7. The summed E-state index contributed by atoms with van der Waals surface area (Å²) in [4.78, 5) is 17.0. The molecule has 1 heterocycles. The number of rotatable bonds is 7. The van der Waals surface area contributed by atoms with Gasteiger partial charge < -0.3 is 9.89 Å². The highest BCUT2D eigenvalue weighted by atomic mass is 32.2. The van der Waals surface area contributed by atoms with Crippen molar-refractivity contribution in [2.45, 2.75) is 26.5 Å². The molecule has 28 heavy (non-hydrogen) atoms. The number of thioether (sulfide) groups is 1. The van der Waals surface area contributed by atoms with Crippen LogP contribution in [0.25, 0.3) is 17.0 Å². The molecule has 0 atom stereocenters. The monoisotopic (exact) mass is 395 g/mol. The summed E-state index contributed by atoms with van der Waals surface area (Å²) in [5, 5.41) is 0. The zero-order chi connectivity index (χ0) is 19.4. The van der Waals surface area contributed by atoms with Crippen molar-refractivity contribution < 1.29 is 14.7 Å². The van der Waals surface area contributed by atoms with Gasteiger partial charge in [-0.2, -0.15) is 0 Å². The van der Waals surface area contributed by atoms with Crippen molar-refractivity contribution in [3.05, 3.63) is 83.3 Å². The van der Waals surface area contributed by atoms with E-state index in [1.54, 1.807) is 0 Å². The Morgan fingerprint density at radius 2 is 1.57 bits per heavy atom. The Labute approximate surface area is 170 Å². The molecule has 0 saturated carbocycles. The van der Waals surface area contributed by atoms with E-state index in [9.17, 15) is 4.79 Å². The number of aryl methyl sites for hydroxylation is 3. The quantitative estimate of drug-likeness (QED) is 0.530. The average molecular weight is 396 g/mol. The first-order chi connectivity index (χ1) is 12.9. The third-order valence-electron chi connectivity index (χ3n) is 4.40. The normalized spacial score (nSPS) is 10.4. The van der Waals surface area contributed by atoms with Crippen LogP contribution in [0.1, 0.15) is 28.1 Å². The van der Waals surface area contributed by atoms with Crippen molar-refractivity contribution in [3.8, 4) is 11.5 Å². The van der Waals surface area contributed by atoms with Crippen LogP contribution in [-0.4, -0.2) is 22.0 Å². The number of Topliss-reactive ketones (excluding diaryl/α,β-unsaturated/α-hetero) is 1. The Hall–Kier alpha value is -2.63. The van der Waals surface area contributed by atoms with Crippen LogP contribution in [-0.2, 0) is 10.5 Å². The molecule has 3 aromatic rings. The summed E-state index contributed by atoms with van der Waals surface area (Å²) in [7, 11) is 0. The van der Waals surface area contributed by atoms with Gasteiger partial charge in [-0.3, -0.25) is 4.79 Å². The fraction of sp³-hybridized carbons (Fsp3) is 0.217. The summed E-state index contributed by atoms with van der Waals surface area (Å²) in [6, 6.07) is 16.0. The number of ketones is 1. The number of benzene rings is 2. The molecule has 5 heteroatoms. The van der Waals surface area contributed by atoms with Crippen molar-refractivity contribution in [2.75, 3.05) is 5.75 Å². The van der Waals surface area contributed by atoms with Crippen molar-refractivity contribution in [1.82, 2.24) is 4.98 Å². The van der Waals surface area contributed by atoms with E-state index in [1.807, 2.05) is 69.3 Å². The first-order valence-electron chi connectivity index (χ1n) is 8.84. The molecule has 0 spiro atoms. The van der Waals surface area contributed by atoms with Crippen molar-refractivity contribution >= 4 is 23.1 Å². The number of oxazole rings is 1. The van der Waals surface area contributed by atoms with Crippen LogP contribution in [0.5, 0.6) is 0 Å². The second-order valence-corrected chi connectivity index (χ2v) is 7.63. The molecular formula is C23H25NO3S. The molecule has 0 fully saturated rings. The molecule has 0 bridgehead atoms. The molecule has 2 N–H and O–H groups in total. The van der Waals surface area contributed by atoms with E-state index in [-0.39, 0.29) is 11.3 Å². The highest BCUT2D eigenvalue weighted by Crippen LogP contribution is 2.25. The molecule has 4 nitrogen and oxygen atoms in total. The highest BCUT2D eigenvalue weighted by molar-refractivity contribution is 7.99. The van der Waals surface area contributed by atoms with Crippen LogP contribution < -0.4 is 0 Å². The Morgan fingerprint density at radius 1 is 1.00 bits per heavy atom. The van der Waals surface area contributed by atoms with Crippen molar-refractivity contribution in [2.24, 2.45) is 0 Å². The molecule has 0 aliphatic rings. The van der Waals surface area contributed by atoms with Gasteiger partial charge in [0.2, 0.25) is 5.89 Å². The topological polar surface area (TPSA) is 74.6 Å². The molecule has 0 aliphatic heterocycles. The molecule has 3 rings (SSSR count). The van der Waals surface area contributed by atoms with Crippen molar-refractivity contribution in [1.29, 1.82) is 0 Å². The maximum Gasteiger partial charge on any atom is 0.226 e. The SMILES string of the molecule is C=C(C(=O)CSCc1nc(-c2ccc(C)cc2)oc1C)c1ccc(C)cc1.O. The van der Waals surface area contributed by atoms with Crippen LogP contribution >= 0.6 is 11.8 Å². The molecule has 0 unspecified atom stereocenters. The molecule has 2 aromatic carbocycles. The van der Waals surface area contributed by atoms with E-state index in [4.69, 9.17) is 4.42 Å². The second-order valence-electron chi connectivity index (χ2n) is 6.65. The fourth-order valence-corrected chi connectivity index (χ4v) is 3.55. The van der Waals surface area contributed by atoms with Gasteiger partial charge in [0.05, 0.1) is 11.4 Å². The lowest BCUT2D eigenvalue weighted by Gasteiger charge is -2.05. The van der Waals surface area contributed by atoms with Crippen LogP contribution in [0, 0.1) is 20.8 Å². The number of carbonyl (C=O) groups excluding carboxylic acids is 1. The summed E-state index contributed by atoms with van der Waals surface area (Å²) in [6.07, 6.45) is 0. The number of aromatic nitrogens is 1. The fourth-order valence-electron chi connectivity index (χ4n) is 2.62. The predicted octanol–water partition coefficient (Wildman–Crippen LogP) is 4.96. The van der Waals surface area contributed by atoms with Crippen molar-refractivity contribution in [3.63, 3.8) is 0 Å². The van der Waals surface area contributed by atoms with Gasteiger partial charge in [0.25, 0.3) is 0 Å². The summed E-state index contributed by atoms with van der Waals surface area (Å²) in [6.45, 7) is 9.93. The van der Waals surface area contributed by atoms with Gasteiger partial charge in [-0.05, 0) is 38.5 Å². The van der Waals surface area contributed by atoms with Gasteiger partial charge in [-0.15, -0.1) is 11.8 Å². The smallest absolute Gasteiger partial charge is 0.226 e. The third-order valence-corrected chi connectivity index (χ3v) is 5.34. The molecule has 0 amide bonds. The molecule has 0 aliphatic carbocycles. The number of hydrogen-bond acceptors (Lipinski definition) is 4. The number of carbonyl (C=O) groups is 1. The van der Waals surface area contributed by atoms with E-state index < -0.39 is 0 Å². The van der Waals surface area contributed by atoms with Crippen LogP contribution in [0.2, 0.25) is 0 Å². The highest BCUT2D eigenvalue weighted by Gasteiger charge is 2.14. The number of hydrogen-bond donors (Lipinski definition) is 0. The van der Waals surface area contributed by atoms with E-state index >= 15 is 0 Å². The third kappa shape index (κ3) is 5.21. The maximum absolute atomic E-state index is 12.4. The van der Waals surface area contributed by atoms with Gasteiger partial charge >= 0.3 is 0 Å². The van der Waals surface area contributed by atoms with Gasteiger partial charge in [-0.1, -0.05) is 54.1 Å². The lowest BCUT2D eigenvalue weighted by atomic mass is 10.0. The summed E-state index contributed by atoms with van der Waals surface area (Å²) < 4.78 is 5.80. The second kappa shape index (κ2) is 9.53. The van der Waals surface area contributed by atoms with E-state index in [0.717, 1.165) is 22.6 Å². The molecule has 146 valence electrons. The summed E-state index contributed by atoms with van der Waals surface area (Å²) >= 11 is 1.53. The van der Waals surface area contributed by atoms with Gasteiger partial charge in [0, 0.05) is 16.9 Å². The van der Waals surface area contributed by atoms with E-state index in [2.05, 4.69) is 11.6 Å². The van der Waals surface area contributed by atoms with Gasteiger partial charge in [0.15, 0.2) is 5.78 Å². The summed E-state index contributed by atoms with van der Waals surface area (Å²) in [5.41, 5.74) is 5.64. The lowest BCUT2D eigenvalue weighted by molar-refractivity contribution is -0.111. The molecule has 0 saturated heterocycles. The standard InChI is InChI=1S/C23H23NO2S.H2O/c1-15-5-9-19(10-6-15)17(3)22(25)14-27-13-21-18(4)26-23(24-21)20-11-7-16(2)8-12-20;/h5-12H,3,13-14H2,1-2,4H3;1H2. The maximum atomic E-state index is 12.4. The molecule has 0 radical (unpaired) electrons. The average Bonchev–Trinajstić information content (AvgIpc) is 3.03. The van der Waals surface area contributed by atoms with Gasteiger partial charge in [0.1, 0.15) is 5.76 Å². The first-order valence-corrected chi connectivity index (χ1v) is 10.00. The Kier molecular flexibility index (Phi) is 7.38. The number of nitrogens with zero attached hydrogens (tertiary/aromatic N) is 1. The summed E-state index contributed by atoms with van der Waals surface area (Å²) in [5.74, 6) is 2.47. The van der Waals surface area contributed by atoms with Gasteiger partial charge in [-0.25, -0.2) is 4.98 Å². The van der Waals surface area contributed by atoms with Crippen LogP contribution in [0.3, 0.4) is 0 Å². The predicted molar refractivity (Wildman–Crippen MR) is 116 cm³/mol. The number of allylic oxidation sites excluding steroid dienone is 1. The van der Waals surface area contributed by atoms with Crippen LogP contribution in [0.15, 0.2) is 59.5 Å². The minimum absolute atomic E-state index is 0. The van der Waals surface area contributed by atoms with E-state index in [1.165, 1.54) is 22.9 Å². The van der Waals surface area contributed by atoms with E-state index in [0.29, 0.717) is 23.0 Å².